The lowest BCUT2D eigenvalue weighted by atomic mass is 10.2. The quantitative estimate of drug-likeness (QED) is 0.333. The van der Waals surface area contributed by atoms with Gasteiger partial charge in [0.1, 0.15) is 23.2 Å². The third-order valence-corrected chi connectivity index (χ3v) is 6.31. The van der Waals surface area contributed by atoms with Gasteiger partial charge in [-0.3, -0.25) is 9.59 Å². The van der Waals surface area contributed by atoms with Crippen molar-refractivity contribution >= 4 is 45.7 Å². The number of aromatic nitrogens is 2. The minimum absolute atomic E-state index is 0.00491. The number of thioether (sulfide) groups is 1. The minimum atomic E-state index is -0.526. The lowest BCUT2D eigenvalue weighted by Gasteiger charge is -2.14. The number of aryl methyl sites for hydroxylation is 1. The Balaban J connectivity index is 1.72. The van der Waals surface area contributed by atoms with Gasteiger partial charge in [-0.2, -0.15) is 0 Å². The van der Waals surface area contributed by atoms with E-state index in [0.29, 0.717) is 23.0 Å². The van der Waals surface area contributed by atoms with Gasteiger partial charge < -0.3 is 14.7 Å². The largest absolute Gasteiger partial charge is 0.497 e. The first kappa shape index (κ1) is 21.2. The number of methoxy groups -OCH3 is 1. The second-order valence-electron chi connectivity index (χ2n) is 6.34. The number of aliphatic hydroxyl groups excluding tert-OH is 1. The topological polar surface area (TPSA) is 92.6 Å². The Morgan fingerprint density at radius 2 is 2.03 bits per heavy atom. The molecule has 0 aliphatic carbocycles. The maximum absolute atomic E-state index is 12.7. The average Bonchev–Trinajstić information content (AvgIpc) is 3.19. The number of rotatable bonds is 8. The molecule has 29 heavy (non-hydrogen) atoms. The van der Waals surface area contributed by atoms with Crippen LogP contribution in [0.2, 0.25) is 0 Å². The molecule has 9 heteroatoms. The van der Waals surface area contributed by atoms with E-state index < -0.39 is 6.61 Å². The van der Waals surface area contributed by atoms with Gasteiger partial charge in [0.15, 0.2) is 5.78 Å². The summed E-state index contributed by atoms with van der Waals surface area (Å²) >= 11 is 2.72. The fourth-order valence-electron chi connectivity index (χ4n) is 2.69. The van der Waals surface area contributed by atoms with Crippen molar-refractivity contribution in [3.05, 3.63) is 45.9 Å². The maximum Gasteiger partial charge on any atom is 0.248 e. The first-order valence-electron chi connectivity index (χ1n) is 8.83. The normalized spacial score (nSPS) is 10.9. The van der Waals surface area contributed by atoms with E-state index in [-0.39, 0.29) is 17.4 Å². The summed E-state index contributed by atoms with van der Waals surface area (Å²) in [5.74, 6) is 1.24. The van der Waals surface area contributed by atoms with Gasteiger partial charge >= 0.3 is 0 Å². The lowest BCUT2D eigenvalue weighted by molar-refractivity contribution is -0.133. The van der Waals surface area contributed by atoms with Gasteiger partial charge in [-0.05, 0) is 37.3 Å². The summed E-state index contributed by atoms with van der Waals surface area (Å²) in [4.78, 5) is 36.0. The lowest BCUT2D eigenvalue weighted by Crippen LogP contribution is -2.28. The molecule has 0 fully saturated rings. The molecule has 2 aromatic heterocycles. The van der Waals surface area contributed by atoms with E-state index >= 15 is 0 Å². The number of thiophene rings is 1. The van der Waals surface area contributed by atoms with E-state index in [0.717, 1.165) is 20.8 Å². The molecule has 0 aliphatic heterocycles. The van der Waals surface area contributed by atoms with Crippen molar-refractivity contribution in [3.8, 4) is 5.75 Å². The van der Waals surface area contributed by atoms with Gasteiger partial charge in [-0.25, -0.2) is 9.97 Å². The fourth-order valence-corrected chi connectivity index (χ4v) is 4.72. The number of aliphatic hydroxyl groups is 1. The number of carbonyl (C=O) groups is 2. The number of amides is 1. The molecule has 152 valence electrons. The van der Waals surface area contributed by atoms with Crippen molar-refractivity contribution in [2.45, 2.75) is 18.5 Å². The van der Waals surface area contributed by atoms with Crippen molar-refractivity contribution in [1.29, 1.82) is 0 Å². The van der Waals surface area contributed by atoms with Crippen molar-refractivity contribution in [3.63, 3.8) is 0 Å². The van der Waals surface area contributed by atoms with E-state index in [1.807, 2.05) is 31.2 Å². The number of likely N-dealkylation sites (N-methyl/N-ethyl adjacent to an activating group) is 1. The molecule has 0 saturated carbocycles. The number of ketones is 1. The van der Waals surface area contributed by atoms with Gasteiger partial charge in [0.2, 0.25) is 5.91 Å². The van der Waals surface area contributed by atoms with Gasteiger partial charge in [0.25, 0.3) is 0 Å². The fraction of sp³-hybridized carbons (Fsp3) is 0.300. The number of fused-ring (bicyclic) bond motifs is 1. The molecular formula is C20H21N3O4S2. The van der Waals surface area contributed by atoms with Crippen LogP contribution < -0.4 is 4.74 Å². The van der Waals surface area contributed by atoms with Crippen LogP contribution in [0.3, 0.4) is 0 Å². The molecule has 1 N–H and O–H groups in total. The highest BCUT2D eigenvalue weighted by Crippen LogP contribution is 2.29. The Morgan fingerprint density at radius 3 is 2.76 bits per heavy atom. The van der Waals surface area contributed by atoms with E-state index in [4.69, 9.17) is 9.84 Å². The summed E-state index contributed by atoms with van der Waals surface area (Å²) in [6, 6.07) is 9.20. The average molecular weight is 432 g/mol. The molecule has 0 unspecified atom stereocenters. The second-order valence-corrected chi connectivity index (χ2v) is 8.48. The SMILES string of the molecule is COc1ccc2nc(C)nc(SCC(=O)c3ccc(CN(C)C(=O)CO)s3)c2c1. The summed E-state index contributed by atoms with van der Waals surface area (Å²) in [6.45, 7) is 1.66. The molecule has 0 aliphatic rings. The van der Waals surface area contributed by atoms with E-state index in [1.54, 1.807) is 20.2 Å². The van der Waals surface area contributed by atoms with Crippen molar-refractivity contribution in [2.75, 3.05) is 26.5 Å². The first-order chi connectivity index (χ1) is 13.9. The number of Topliss-reactive ketones (excluding diaryl/α,β-unsaturated/α-hetero) is 1. The van der Waals surface area contributed by atoms with Crippen molar-refractivity contribution in [1.82, 2.24) is 14.9 Å². The highest BCUT2D eigenvalue weighted by Gasteiger charge is 2.15. The third kappa shape index (κ3) is 5.11. The van der Waals surface area contributed by atoms with E-state index in [2.05, 4.69) is 9.97 Å². The number of nitrogens with zero attached hydrogens (tertiary/aromatic N) is 3. The maximum atomic E-state index is 12.7. The molecule has 0 saturated heterocycles. The smallest absolute Gasteiger partial charge is 0.248 e. The third-order valence-electron chi connectivity index (χ3n) is 4.21. The predicted molar refractivity (Wildman–Crippen MR) is 114 cm³/mol. The van der Waals surface area contributed by atoms with Crippen LogP contribution in [0.25, 0.3) is 10.9 Å². The number of hydrogen-bond acceptors (Lipinski definition) is 8. The molecule has 3 aromatic rings. The number of benzene rings is 1. The number of hydrogen-bond donors (Lipinski definition) is 1. The van der Waals surface area contributed by atoms with Crippen LogP contribution in [0.15, 0.2) is 35.4 Å². The zero-order chi connectivity index (χ0) is 21.0. The molecule has 1 aromatic carbocycles. The zero-order valence-electron chi connectivity index (χ0n) is 16.3. The van der Waals surface area contributed by atoms with Crippen molar-refractivity contribution in [2.24, 2.45) is 0 Å². The predicted octanol–water partition coefficient (Wildman–Crippen LogP) is 2.93. The van der Waals surface area contributed by atoms with Gasteiger partial charge in [0.05, 0.1) is 29.8 Å². The number of ether oxygens (including phenoxy) is 1. The van der Waals surface area contributed by atoms with Crippen LogP contribution in [0.1, 0.15) is 20.4 Å². The molecule has 2 heterocycles. The monoisotopic (exact) mass is 431 g/mol. The van der Waals surface area contributed by atoms with Gasteiger partial charge in [-0.15, -0.1) is 11.3 Å². The summed E-state index contributed by atoms with van der Waals surface area (Å²) in [7, 11) is 3.22. The Hall–Kier alpha value is -2.49. The molecule has 0 atom stereocenters. The molecular weight excluding hydrogens is 410 g/mol. The van der Waals surface area contributed by atoms with Crippen LogP contribution >= 0.6 is 23.1 Å². The van der Waals surface area contributed by atoms with Crippen molar-refractivity contribution < 1.29 is 19.4 Å². The van der Waals surface area contributed by atoms with Gasteiger partial charge in [-0.1, -0.05) is 11.8 Å². The summed E-state index contributed by atoms with van der Waals surface area (Å²) in [6.07, 6.45) is 0. The van der Waals surface area contributed by atoms with Crippen LogP contribution in [-0.4, -0.2) is 58.2 Å². The molecule has 1 amide bonds. The summed E-state index contributed by atoms with van der Waals surface area (Å²) in [5, 5.41) is 10.5. The molecule has 0 radical (unpaired) electrons. The zero-order valence-corrected chi connectivity index (χ0v) is 18.0. The summed E-state index contributed by atoms with van der Waals surface area (Å²) < 4.78 is 5.29. The molecule has 3 rings (SSSR count). The highest BCUT2D eigenvalue weighted by molar-refractivity contribution is 8.00. The Kier molecular flexibility index (Phi) is 6.83. The first-order valence-corrected chi connectivity index (χ1v) is 10.6. The Morgan fingerprint density at radius 1 is 1.24 bits per heavy atom. The minimum Gasteiger partial charge on any atom is -0.497 e. The van der Waals surface area contributed by atoms with Crippen LogP contribution in [-0.2, 0) is 11.3 Å². The van der Waals surface area contributed by atoms with Gasteiger partial charge in [0, 0.05) is 17.3 Å². The standard InChI is InChI=1S/C20H21N3O4S2/c1-12-21-16-6-4-13(27-3)8-15(16)20(22-12)28-11-17(25)18-7-5-14(29-18)9-23(2)19(26)10-24/h4-8,24H,9-11H2,1-3H3. The van der Waals surface area contributed by atoms with Crippen LogP contribution in [0.5, 0.6) is 5.75 Å². The number of carbonyl (C=O) groups excluding carboxylic acids is 2. The van der Waals surface area contributed by atoms with Crippen LogP contribution in [0, 0.1) is 6.92 Å². The molecule has 0 spiro atoms. The summed E-state index contributed by atoms with van der Waals surface area (Å²) in [5.41, 5.74) is 0.809. The van der Waals surface area contributed by atoms with E-state index in [1.165, 1.54) is 28.0 Å². The Labute approximate surface area is 176 Å². The molecule has 0 bridgehead atoms. The van der Waals surface area contributed by atoms with E-state index in [9.17, 15) is 9.59 Å². The highest BCUT2D eigenvalue weighted by atomic mass is 32.2. The van der Waals surface area contributed by atoms with Crippen LogP contribution in [0.4, 0.5) is 0 Å². The second kappa shape index (κ2) is 9.34. The Bertz CT molecular complexity index is 1050. The molecule has 7 nitrogen and oxygen atoms in total.